The molecule has 2 aromatic rings. The Morgan fingerprint density at radius 3 is 2.82 bits per heavy atom. The molecule has 0 saturated carbocycles. The van der Waals surface area contributed by atoms with Gasteiger partial charge in [-0.05, 0) is 42.7 Å². The fraction of sp³-hybridized carbons (Fsp3) is 0.300. The van der Waals surface area contributed by atoms with Gasteiger partial charge in [-0.1, -0.05) is 24.3 Å². The Balaban J connectivity index is 0.00000280. The molecule has 1 heterocycles. The van der Waals surface area contributed by atoms with E-state index in [9.17, 15) is 4.79 Å². The zero-order valence-electron chi connectivity index (χ0n) is 15.7. The van der Waals surface area contributed by atoms with Crippen LogP contribution in [0.15, 0.2) is 53.5 Å². The number of para-hydroxylation sites is 2. The fourth-order valence-electron chi connectivity index (χ4n) is 2.86. The van der Waals surface area contributed by atoms with Crippen molar-refractivity contribution in [3.8, 4) is 5.75 Å². The fourth-order valence-corrected chi connectivity index (χ4v) is 2.86. The van der Waals surface area contributed by atoms with E-state index in [2.05, 4.69) is 15.6 Å². The Morgan fingerprint density at radius 1 is 1.25 bits per heavy atom. The zero-order valence-corrected chi connectivity index (χ0v) is 18.0. The number of guanidine groups is 1. The van der Waals surface area contributed by atoms with Crippen LogP contribution in [0.1, 0.15) is 18.4 Å². The molecule has 1 saturated heterocycles. The van der Waals surface area contributed by atoms with Gasteiger partial charge in [0.2, 0.25) is 0 Å². The van der Waals surface area contributed by atoms with E-state index in [1.54, 1.807) is 7.11 Å². The molecule has 1 unspecified atom stereocenters. The number of benzene rings is 2. The number of amides is 1. The lowest BCUT2D eigenvalue weighted by Gasteiger charge is -2.11. The second-order valence-corrected chi connectivity index (χ2v) is 6.22. The normalized spacial score (nSPS) is 16.2. The predicted octanol–water partition coefficient (Wildman–Crippen LogP) is 3.36. The van der Waals surface area contributed by atoms with Crippen molar-refractivity contribution in [2.24, 2.45) is 10.7 Å². The van der Waals surface area contributed by atoms with Gasteiger partial charge in [0.05, 0.1) is 19.3 Å². The van der Waals surface area contributed by atoms with Gasteiger partial charge in [0.15, 0.2) is 5.96 Å². The van der Waals surface area contributed by atoms with E-state index in [-0.39, 0.29) is 41.9 Å². The number of nitrogens with two attached hydrogens (primary N) is 1. The summed E-state index contributed by atoms with van der Waals surface area (Å²) in [5, 5.41) is 5.92. The topological polar surface area (TPSA) is 98.0 Å². The minimum Gasteiger partial charge on any atom is -0.495 e. The summed E-state index contributed by atoms with van der Waals surface area (Å²) < 4.78 is 10.7. The number of methoxy groups -OCH3 is 1. The maximum atomic E-state index is 12.2. The number of hydrogen-bond donors (Lipinski definition) is 3. The van der Waals surface area contributed by atoms with E-state index in [0.29, 0.717) is 18.9 Å². The largest absolute Gasteiger partial charge is 0.495 e. The molecule has 1 amide bonds. The lowest BCUT2D eigenvalue weighted by Crippen LogP contribution is -2.26. The molecular formula is C20H25IN4O3. The van der Waals surface area contributed by atoms with Gasteiger partial charge in [0.1, 0.15) is 11.9 Å². The van der Waals surface area contributed by atoms with Crippen LogP contribution in [-0.2, 0) is 16.1 Å². The van der Waals surface area contributed by atoms with Gasteiger partial charge in [-0.2, -0.15) is 0 Å². The average molecular weight is 496 g/mol. The first-order valence-corrected chi connectivity index (χ1v) is 8.87. The molecule has 2 aromatic carbocycles. The molecule has 28 heavy (non-hydrogen) atoms. The highest BCUT2D eigenvalue weighted by molar-refractivity contribution is 14.0. The number of ether oxygens (including phenoxy) is 2. The van der Waals surface area contributed by atoms with Crippen molar-refractivity contribution in [1.82, 2.24) is 0 Å². The number of carbonyl (C=O) groups excluding carboxylic acids is 1. The number of carbonyl (C=O) groups is 1. The molecule has 3 rings (SSSR count). The van der Waals surface area contributed by atoms with E-state index in [0.717, 1.165) is 29.8 Å². The Kier molecular flexibility index (Phi) is 8.52. The minimum absolute atomic E-state index is 0. The van der Waals surface area contributed by atoms with Crippen molar-refractivity contribution in [2.75, 3.05) is 24.4 Å². The summed E-state index contributed by atoms with van der Waals surface area (Å²) in [7, 11) is 1.60. The van der Waals surface area contributed by atoms with Crippen molar-refractivity contribution in [1.29, 1.82) is 0 Å². The average Bonchev–Trinajstić information content (AvgIpc) is 3.22. The van der Waals surface area contributed by atoms with Crippen molar-refractivity contribution < 1.29 is 14.3 Å². The molecule has 0 aliphatic carbocycles. The third kappa shape index (κ3) is 6.10. The van der Waals surface area contributed by atoms with Gasteiger partial charge in [-0.15, -0.1) is 24.0 Å². The number of rotatable bonds is 6. The van der Waals surface area contributed by atoms with Crippen molar-refractivity contribution in [2.45, 2.75) is 25.5 Å². The van der Waals surface area contributed by atoms with Crippen LogP contribution < -0.4 is 21.1 Å². The Labute approximate surface area is 181 Å². The smallest absolute Gasteiger partial charge is 0.253 e. The van der Waals surface area contributed by atoms with Crippen LogP contribution >= 0.6 is 24.0 Å². The van der Waals surface area contributed by atoms with Gasteiger partial charge in [0.25, 0.3) is 5.91 Å². The monoisotopic (exact) mass is 496 g/mol. The summed E-state index contributed by atoms with van der Waals surface area (Å²) in [6, 6.07) is 15.0. The summed E-state index contributed by atoms with van der Waals surface area (Å²) in [5.74, 6) is 0.869. The van der Waals surface area contributed by atoms with Gasteiger partial charge >= 0.3 is 0 Å². The number of halogens is 1. The summed E-state index contributed by atoms with van der Waals surface area (Å²) in [5.41, 5.74) is 8.38. The predicted molar refractivity (Wildman–Crippen MR) is 121 cm³/mol. The Hall–Kier alpha value is -2.33. The van der Waals surface area contributed by atoms with Crippen LogP contribution in [0.2, 0.25) is 0 Å². The second-order valence-electron chi connectivity index (χ2n) is 6.22. The molecule has 0 aromatic heterocycles. The number of aliphatic imine (C=N–C) groups is 1. The summed E-state index contributed by atoms with van der Waals surface area (Å²) in [4.78, 5) is 16.5. The highest BCUT2D eigenvalue weighted by atomic mass is 127. The highest BCUT2D eigenvalue weighted by Gasteiger charge is 2.23. The molecule has 0 radical (unpaired) electrons. The summed E-state index contributed by atoms with van der Waals surface area (Å²) >= 11 is 0. The Morgan fingerprint density at radius 2 is 2.07 bits per heavy atom. The molecule has 0 bridgehead atoms. The van der Waals surface area contributed by atoms with Crippen molar-refractivity contribution in [3.05, 3.63) is 54.1 Å². The summed E-state index contributed by atoms with van der Waals surface area (Å²) in [6.07, 6.45) is 1.33. The second kappa shape index (κ2) is 10.9. The molecule has 0 spiro atoms. The van der Waals surface area contributed by atoms with Crippen LogP contribution in [-0.4, -0.2) is 31.7 Å². The molecular weight excluding hydrogens is 471 g/mol. The summed E-state index contributed by atoms with van der Waals surface area (Å²) in [6.45, 7) is 1.03. The zero-order chi connectivity index (χ0) is 19.1. The highest BCUT2D eigenvalue weighted by Crippen LogP contribution is 2.22. The van der Waals surface area contributed by atoms with Crippen LogP contribution in [0.4, 0.5) is 11.4 Å². The first kappa shape index (κ1) is 22.0. The number of anilines is 2. The molecule has 1 aliphatic heterocycles. The molecule has 150 valence electrons. The van der Waals surface area contributed by atoms with E-state index >= 15 is 0 Å². The van der Waals surface area contributed by atoms with Crippen molar-refractivity contribution >= 4 is 47.2 Å². The van der Waals surface area contributed by atoms with E-state index in [4.69, 9.17) is 15.2 Å². The molecule has 1 fully saturated rings. The van der Waals surface area contributed by atoms with Gasteiger partial charge < -0.3 is 25.8 Å². The number of nitrogens with one attached hydrogen (secondary N) is 2. The van der Waals surface area contributed by atoms with Gasteiger partial charge in [-0.3, -0.25) is 4.79 Å². The molecule has 4 N–H and O–H groups in total. The van der Waals surface area contributed by atoms with Crippen LogP contribution in [0.3, 0.4) is 0 Å². The van der Waals surface area contributed by atoms with Gasteiger partial charge in [-0.25, -0.2) is 4.99 Å². The molecule has 7 nitrogen and oxygen atoms in total. The third-order valence-corrected chi connectivity index (χ3v) is 4.22. The van der Waals surface area contributed by atoms with E-state index < -0.39 is 0 Å². The van der Waals surface area contributed by atoms with E-state index in [1.807, 2.05) is 48.5 Å². The van der Waals surface area contributed by atoms with Crippen molar-refractivity contribution in [3.63, 3.8) is 0 Å². The quantitative estimate of drug-likeness (QED) is 0.324. The SMILES string of the molecule is COc1ccccc1NC(N)=NCc1cccc(NC(=O)C2CCCO2)c1.I. The van der Waals surface area contributed by atoms with E-state index in [1.165, 1.54) is 0 Å². The van der Waals surface area contributed by atoms with Crippen LogP contribution in [0.5, 0.6) is 5.75 Å². The molecule has 1 atom stereocenters. The standard InChI is InChI=1S/C20H24N4O3.HI/c1-26-17-9-3-2-8-16(17)24-20(21)22-13-14-6-4-7-15(12-14)23-19(25)18-10-5-11-27-18;/h2-4,6-9,12,18H,5,10-11,13H2,1H3,(H,23,25)(H3,21,22,24);1H. The van der Waals surface area contributed by atoms with Crippen LogP contribution in [0, 0.1) is 0 Å². The maximum absolute atomic E-state index is 12.2. The number of nitrogens with zero attached hydrogens (tertiary/aromatic N) is 1. The number of hydrogen-bond acceptors (Lipinski definition) is 4. The van der Waals surface area contributed by atoms with Gasteiger partial charge in [0, 0.05) is 12.3 Å². The first-order valence-electron chi connectivity index (χ1n) is 8.87. The lowest BCUT2D eigenvalue weighted by molar-refractivity contribution is -0.124. The van der Waals surface area contributed by atoms with Crippen LogP contribution in [0.25, 0.3) is 0 Å². The maximum Gasteiger partial charge on any atom is 0.253 e. The third-order valence-electron chi connectivity index (χ3n) is 4.22. The lowest BCUT2D eigenvalue weighted by atomic mass is 10.2. The minimum atomic E-state index is -0.354. The first-order chi connectivity index (χ1) is 13.2. The Bertz CT molecular complexity index is 823. The molecule has 1 aliphatic rings. The molecule has 8 heteroatoms.